The molecule has 1 N–H and O–H groups in total. The quantitative estimate of drug-likeness (QED) is 0.499. The van der Waals surface area contributed by atoms with Gasteiger partial charge in [0.2, 0.25) is 10.0 Å². The van der Waals surface area contributed by atoms with Crippen LogP contribution in [0.5, 0.6) is 0 Å². The molecule has 5 heteroatoms. The second-order valence-electron chi connectivity index (χ2n) is 3.66. The van der Waals surface area contributed by atoms with E-state index in [1.807, 2.05) is 0 Å². The average molecular weight is 265 g/mol. The van der Waals surface area contributed by atoms with Crippen molar-refractivity contribution in [1.29, 1.82) is 0 Å². The maximum absolute atomic E-state index is 11.8. The molecule has 1 aromatic carbocycles. The SMILES string of the molecule is CC#CCCNS(=O)(=O)c1ccc(C(C)=O)cc1. The van der Waals surface area contributed by atoms with E-state index in [0.29, 0.717) is 12.0 Å². The van der Waals surface area contributed by atoms with Crippen LogP contribution in [0.3, 0.4) is 0 Å². The van der Waals surface area contributed by atoms with Crippen LogP contribution >= 0.6 is 0 Å². The number of nitrogens with one attached hydrogen (secondary N) is 1. The Morgan fingerprint density at radius 3 is 2.39 bits per heavy atom. The van der Waals surface area contributed by atoms with Crippen LogP contribution in [-0.4, -0.2) is 20.7 Å². The van der Waals surface area contributed by atoms with E-state index in [1.165, 1.54) is 31.2 Å². The Balaban J connectivity index is 2.78. The molecular weight excluding hydrogens is 250 g/mol. The van der Waals surface area contributed by atoms with Gasteiger partial charge in [-0.25, -0.2) is 13.1 Å². The number of sulfonamides is 1. The summed E-state index contributed by atoms with van der Waals surface area (Å²) in [5.74, 6) is 5.37. The lowest BCUT2D eigenvalue weighted by Gasteiger charge is -2.05. The highest BCUT2D eigenvalue weighted by atomic mass is 32.2. The largest absolute Gasteiger partial charge is 0.295 e. The molecule has 0 fully saturated rings. The lowest BCUT2D eigenvalue weighted by atomic mass is 10.2. The molecule has 0 heterocycles. The summed E-state index contributed by atoms with van der Waals surface area (Å²) >= 11 is 0. The second kappa shape index (κ2) is 6.34. The van der Waals surface area contributed by atoms with Crippen molar-refractivity contribution in [2.75, 3.05) is 6.54 Å². The molecule has 0 saturated carbocycles. The summed E-state index contributed by atoms with van der Waals surface area (Å²) in [7, 11) is -3.51. The maximum Gasteiger partial charge on any atom is 0.240 e. The first-order valence-electron chi connectivity index (χ1n) is 5.47. The van der Waals surface area contributed by atoms with Crippen LogP contribution < -0.4 is 4.72 Å². The van der Waals surface area contributed by atoms with E-state index in [2.05, 4.69) is 16.6 Å². The van der Waals surface area contributed by atoms with E-state index < -0.39 is 10.0 Å². The molecule has 4 nitrogen and oxygen atoms in total. The molecule has 0 aliphatic heterocycles. The van der Waals surface area contributed by atoms with Crippen molar-refractivity contribution in [2.24, 2.45) is 0 Å². The average Bonchev–Trinajstić information content (AvgIpc) is 2.35. The van der Waals surface area contributed by atoms with Crippen LogP contribution in [0.2, 0.25) is 0 Å². The summed E-state index contributed by atoms with van der Waals surface area (Å²) in [5.41, 5.74) is 0.491. The fourth-order valence-corrected chi connectivity index (χ4v) is 2.36. The first-order valence-corrected chi connectivity index (χ1v) is 6.96. The van der Waals surface area contributed by atoms with Crippen molar-refractivity contribution < 1.29 is 13.2 Å². The molecule has 0 amide bonds. The minimum Gasteiger partial charge on any atom is -0.295 e. The van der Waals surface area contributed by atoms with Gasteiger partial charge in [-0.2, -0.15) is 0 Å². The van der Waals surface area contributed by atoms with Gasteiger partial charge < -0.3 is 0 Å². The number of carbonyl (C=O) groups excluding carboxylic acids is 1. The molecule has 0 aliphatic carbocycles. The minimum absolute atomic E-state index is 0.0925. The number of benzene rings is 1. The second-order valence-corrected chi connectivity index (χ2v) is 5.42. The van der Waals surface area contributed by atoms with Crippen molar-refractivity contribution in [3.63, 3.8) is 0 Å². The Labute approximate surface area is 107 Å². The van der Waals surface area contributed by atoms with Gasteiger partial charge in [-0.15, -0.1) is 11.8 Å². The molecule has 0 spiro atoms. The third kappa shape index (κ3) is 3.99. The van der Waals surface area contributed by atoms with Crippen molar-refractivity contribution >= 4 is 15.8 Å². The molecule has 1 aromatic rings. The number of ketones is 1. The van der Waals surface area contributed by atoms with Gasteiger partial charge in [0.1, 0.15) is 0 Å². The lowest BCUT2D eigenvalue weighted by molar-refractivity contribution is 0.101. The molecule has 0 unspecified atom stereocenters. The van der Waals surface area contributed by atoms with E-state index in [9.17, 15) is 13.2 Å². The van der Waals surface area contributed by atoms with Gasteiger partial charge in [0, 0.05) is 18.5 Å². The van der Waals surface area contributed by atoms with E-state index in [4.69, 9.17) is 0 Å². The molecule has 0 bridgehead atoms. The Morgan fingerprint density at radius 2 is 1.89 bits per heavy atom. The Bertz CT molecular complexity index is 577. The van der Waals surface area contributed by atoms with Gasteiger partial charge >= 0.3 is 0 Å². The molecule has 96 valence electrons. The summed E-state index contributed by atoms with van der Waals surface area (Å²) in [4.78, 5) is 11.2. The first-order chi connectivity index (χ1) is 8.47. The minimum atomic E-state index is -3.51. The van der Waals surface area contributed by atoms with E-state index in [-0.39, 0.29) is 17.2 Å². The van der Waals surface area contributed by atoms with E-state index >= 15 is 0 Å². The van der Waals surface area contributed by atoms with Crippen LogP contribution in [0.25, 0.3) is 0 Å². The molecule has 0 aromatic heterocycles. The summed E-state index contributed by atoms with van der Waals surface area (Å²) in [6, 6.07) is 5.85. The molecular formula is C13H15NO3S. The van der Waals surface area contributed by atoms with Crippen molar-refractivity contribution in [1.82, 2.24) is 4.72 Å². The van der Waals surface area contributed by atoms with Gasteiger partial charge in [-0.1, -0.05) is 12.1 Å². The Morgan fingerprint density at radius 1 is 1.28 bits per heavy atom. The monoisotopic (exact) mass is 265 g/mol. The zero-order valence-corrected chi connectivity index (χ0v) is 11.2. The fourth-order valence-electron chi connectivity index (χ4n) is 1.33. The summed E-state index contributed by atoms with van der Waals surface area (Å²) < 4.78 is 26.1. The van der Waals surface area contributed by atoms with Crippen molar-refractivity contribution in [3.05, 3.63) is 29.8 Å². The summed E-state index contributed by atoms with van der Waals surface area (Å²) in [6.45, 7) is 3.41. The van der Waals surface area contributed by atoms with Crippen LogP contribution in [0.15, 0.2) is 29.2 Å². The number of rotatable bonds is 5. The number of hydrogen-bond donors (Lipinski definition) is 1. The molecule has 0 aliphatic rings. The van der Waals surface area contributed by atoms with Gasteiger partial charge in [0.15, 0.2) is 5.78 Å². The molecule has 0 atom stereocenters. The molecule has 0 radical (unpaired) electrons. The Kier molecular flexibility index (Phi) is 5.08. The molecule has 0 saturated heterocycles. The van der Waals surface area contributed by atoms with Crippen LogP contribution in [0.1, 0.15) is 30.6 Å². The molecule has 18 heavy (non-hydrogen) atoms. The van der Waals surface area contributed by atoms with E-state index in [0.717, 1.165) is 0 Å². The smallest absolute Gasteiger partial charge is 0.240 e. The predicted molar refractivity (Wildman–Crippen MR) is 69.7 cm³/mol. The molecule has 1 rings (SSSR count). The fraction of sp³-hybridized carbons (Fsp3) is 0.308. The predicted octanol–water partition coefficient (Wildman–Crippen LogP) is 1.58. The van der Waals surface area contributed by atoms with Gasteiger partial charge in [-0.05, 0) is 26.0 Å². The lowest BCUT2D eigenvalue weighted by Crippen LogP contribution is -2.24. The van der Waals surface area contributed by atoms with Crippen molar-refractivity contribution in [2.45, 2.75) is 25.2 Å². The third-order valence-corrected chi connectivity index (χ3v) is 3.77. The van der Waals surface area contributed by atoms with Crippen molar-refractivity contribution in [3.8, 4) is 11.8 Å². The van der Waals surface area contributed by atoms with Gasteiger partial charge in [0.05, 0.1) is 4.90 Å². The number of hydrogen-bond acceptors (Lipinski definition) is 3. The normalized spacial score (nSPS) is 10.6. The summed E-state index contributed by atoms with van der Waals surface area (Å²) in [5, 5.41) is 0. The highest BCUT2D eigenvalue weighted by Crippen LogP contribution is 2.10. The van der Waals surface area contributed by atoms with Gasteiger partial charge in [-0.3, -0.25) is 4.79 Å². The first kappa shape index (κ1) is 14.4. The topological polar surface area (TPSA) is 63.2 Å². The van der Waals surface area contributed by atoms with Crippen LogP contribution in [0, 0.1) is 11.8 Å². The van der Waals surface area contributed by atoms with Crippen LogP contribution in [-0.2, 0) is 10.0 Å². The summed E-state index contributed by atoms with van der Waals surface area (Å²) in [6.07, 6.45) is 0.473. The highest BCUT2D eigenvalue weighted by molar-refractivity contribution is 7.89. The van der Waals surface area contributed by atoms with Gasteiger partial charge in [0.25, 0.3) is 0 Å². The van der Waals surface area contributed by atoms with E-state index in [1.54, 1.807) is 6.92 Å². The van der Waals surface area contributed by atoms with Crippen LogP contribution in [0.4, 0.5) is 0 Å². The zero-order valence-electron chi connectivity index (χ0n) is 10.4. The maximum atomic E-state index is 11.8. The number of Topliss-reactive ketones (excluding diaryl/α,β-unsaturated/α-hetero) is 1. The number of carbonyl (C=O) groups is 1. The third-order valence-electron chi connectivity index (χ3n) is 2.29. The standard InChI is InChI=1S/C13H15NO3S/c1-3-4-5-10-14-18(16,17)13-8-6-12(7-9-13)11(2)15/h6-9,14H,5,10H2,1-2H3. The highest BCUT2D eigenvalue weighted by Gasteiger charge is 2.13. The zero-order chi connectivity index (χ0) is 13.6. The Hall–Kier alpha value is -1.64.